The third-order valence-electron chi connectivity index (χ3n) is 2.08. The van der Waals surface area contributed by atoms with Crippen molar-refractivity contribution >= 4 is 27.3 Å². The minimum absolute atomic E-state index is 0.608. The van der Waals surface area contributed by atoms with Gasteiger partial charge < -0.3 is 5.11 Å². The maximum Gasteiger partial charge on any atom is 0.123 e. The van der Waals surface area contributed by atoms with E-state index in [0.29, 0.717) is 0 Å². The molecule has 0 fully saturated rings. The highest BCUT2D eigenvalue weighted by Gasteiger charge is 2.16. The van der Waals surface area contributed by atoms with Crippen LogP contribution in [0.5, 0.6) is 0 Å². The molecular weight excluding hydrogens is 264 g/mol. The number of aliphatic hydroxyl groups is 1. The number of thiophene rings is 1. The van der Waals surface area contributed by atoms with Crippen molar-refractivity contribution in [3.8, 4) is 0 Å². The molecular formula is C9H9BrN2OS. The Morgan fingerprint density at radius 2 is 2.36 bits per heavy atom. The first-order chi connectivity index (χ1) is 6.70. The van der Waals surface area contributed by atoms with Crippen LogP contribution in [0.2, 0.25) is 0 Å². The number of halogens is 1. The molecule has 1 atom stereocenters. The second-order valence-electron chi connectivity index (χ2n) is 2.96. The fraction of sp³-hybridized carbons (Fsp3) is 0.222. The van der Waals surface area contributed by atoms with Gasteiger partial charge in [0.15, 0.2) is 0 Å². The lowest BCUT2D eigenvalue weighted by molar-refractivity contribution is 0.209. The Kier molecular flexibility index (Phi) is 2.71. The predicted octanol–water partition coefficient (Wildman–Crippen LogP) is 2.33. The summed E-state index contributed by atoms with van der Waals surface area (Å²) in [5.74, 6) is 0. The average molecular weight is 273 g/mol. The van der Waals surface area contributed by atoms with Gasteiger partial charge in [-0.2, -0.15) is 16.4 Å². The molecule has 0 bridgehead atoms. The molecule has 2 aromatic heterocycles. The van der Waals surface area contributed by atoms with Gasteiger partial charge in [-0.3, -0.25) is 4.68 Å². The van der Waals surface area contributed by atoms with Crippen molar-refractivity contribution in [2.75, 3.05) is 0 Å². The molecule has 0 radical (unpaired) electrons. The van der Waals surface area contributed by atoms with Crippen LogP contribution < -0.4 is 0 Å². The number of rotatable bonds is 2. The van der Waals surface area contributed by atoms with Gasteiger partial charge in [0.05, 0.1) is 5.69 Å². The standard InChI is InChI=1S/C9H9BrN2OS/c1-12-8(2-3-11-12)9(13)6-4-14-5-7(6)10/h2-5,9,13H,1H3. The van der Waals surface area contributed by atoms with Crippen LogP contribution in [-0.4, -0.2) is 14.9 Å². The van der Waals surface area contributed by atoms with E-state index in [9.17, 15) is 5.11 Å². The van der Waals surface area contributed by atoms with Gasteiger partial charge in [0, 0.05) is 28.7 Å². The van der Waals surface area contributed by atoms with Gasteiger partial charge in [-0.15, -0.1) is 0 Å². The van der Waals surface area contributed by atoms with Gasteiger partial charge in [0.25, 0.3) is 0 Å². The van der Waals surface area contributed by atoms with Crippen LogP contribution >= 0.6 is 27.3 Å². The fourth-order valence-corrected chi connectivity index (χ4v) is 2.83. The van der Waals surface area contributed by atoms with Crippen molar-refractivity contribution < 1.29 is 5.11 Å². The van der Waals surface area contributed by atoms with Gasteiger partial charge in [0.1, 0.15) is 6.10 Å². The van der Waals surface area contributed by atoms with Crippen molar-refractivity contribution in [2.24, 2.45) is 7.05 Å². The second-order valence-corrected chi connectivity index (χ2v) is 4.56. The molecule has 0 saturated heterocycles. The molecule has 0 amide bonds. The number of aryl methyl sites for hydroxylation is 1. The fourth-order valence-electron chi connectivity index (χ4n) is 1.30. The third kappa shape index (κ3) is 1.63. The van der Waals surface area contributed by atoms with E-state index in [0.717, 1.165) is 15.7 Å². The van der Waals surface area contributed by atoms with Crippen LogP contribution in [0.4, 0.5) is 0 Å². The summed E-state index contributed by atoms with van der Waals surface area (Å²) in [5, 5.41) is 18.0. The zero-order valence-electron chi connectivity index (χ0n) is 7.51. The number of aliphatic hydroxyl groups excluding tert-OH is 1. The molecule has 0 aromatic carbocycles. The summed E-state index contributed by atoms with van der Waals surface area (Å²) < 4.78 is 2.62. The molecule has 0 saturated carbocycles. The van der Waals surface area contributed by atoms with E-state index < -0.39 is 6.10 Å². The maximum atomic E-state index is 10.0. The quantitative estimate of drug-likeness (QED) is 0.911. The minimum Gasteiger partial charge on any atom is -0.382 e. The van der Waals surface area contributed by atoms with Crippen LogP contribution in [0.15, 0.2) is 27.5 Å². The summed E-state index contributed by atoms with van der Waals surface area (Å²) in [6.45, 7) is 0. The summed E-state index contributed by atoms with van der Waals surface area (Å²) >= 11 is 4.96. The van der Waals surface area contributed by atoms with Gasteiger partial charge >= 0.3 is 0 Å². The smallest absolute Gasteiger partial charge is 0.123 e. The van der Waals surface area contributed by atoms with Crippen LogP contribution in [0.3, 0.4) is 0 Å². The predicted molar refractivity (Wildman–Crippen MR) is 59.3 cm³/mol. The van der Waals surface area contributed by atoms with Crippen LogP contribution in [0.1, 0.15) is 17.4 Å². The molecule has 2 rings (SSSR count). The Balaban J connectivity index is 2.38. The Bertz CT molecular complexity index is 397. The van der Waals surface area contributed by atoms with Crippen LogP contribution in [0.25, 0.3) is 0 Å². The van der Waals surface area contributed by atoms with Gasteiger partial charge in [-0.25, -0.2) is 0 Å². The van der Waals surface area contributed by atoms with Crippen LogP contribution in [0, 0.1) is 0 Å². The van der Waals surface area contributed by atoms with Gasteiger partial charge in [-0.05, 0) is 27.4 Å². The maximum absolute atomic E-state index is 10.0. The van der Waals surface area contributed by atoms with E-state index in [4.69, 9.17) is 0 Å². The van der Waals surface area contributed by atoms with Crippen molar-refractivity contribution in [1.82, 2.24) is 9.78 Å². The van der Waals surface area contributed by atoms with E-state index >= 15 is 0 Å². The molecule has 1 unspecified atom stereocenters. The molecule has 5 heteroatoms. The second kappa shape index (κ2) is 3.84. The zero-order chi connectivity index (χ0) is 10.1. The Hall–Kier alpha value is -0.650. The molecule has 0 spiro atoms. The highest BCUT2D eigenvalue weighted by molar-refractivity contribution is 9.10. The molecule has 0 aliphatic heterocycles. The summed E-state index contributed by atoms with van der Waals surface area (Å²) in [7, 11) is 1.82. The molecule has 2 aromatic rings. The van der Waals surface area contributed by atoms with Crippen molar-refractivity contribution in [2.45, 2.75) is 6.10 Å². The van der Waals surface area contributed by atoms with Gasteiger partial charge in [0.2, 0.25) is 0 Å². The first-order valence-corrected chi connectivity index (χ1v) is 5.81. The van der Waals surface area contributed by atoms with Crippen molar-refractivity contribution in [3.63, 3.8) is 0 Å². The first-order valence-electron chi connectivity index (χ1n) is 4.07. The van der Waals surface area contributed by atoms with E-state index in [1.807, 2.05) is 23.9 Å². The van der Waals surface area contributed by atoms with Crippen molar-refractivity contribution in [1.29, 1.82) is 0 Å². The summed E-state index contributed by atoms with van der Waals surface area (Å²) in [5.41, 5.74) is 1.68. The lowest BCUT2D eigenvalue weighted by Crippen LogP contribution is -2.06. The summed E-state index contributed by atoms with van der Waals surface area (Å²) in [6, 6.07) is 1.81. The van der Waals surface area contributed by atoms with E-state index in [1.165, 1.54) is 0 Å². The Morgan fingerprint density at radius 1 is 1.57 bits per heavy atom. The zero-order valence-corrected chi connectivity index (χ0v) is 9.92. The summed E-state index contributed by atoms with van der Waals surface area (Å²) in [4.78, 5) is 0. The minimum atomic E-state index is -0.608. The first kappa shape index (κ1) is 9.89. The average Bonchev–Trinajstić information content (AvgIpc) is 2.73. The number of nitrogens with zero attached hydrogens (tertiary/aromatic N) is 2. The number of hydrogen-bond donors (Lipinski definition) is 1. The summed E-state index contributed by atoms with van der Waals surface area (Å²) in [6.07, 6.45) is 1.07. The number of aromatic nitrogens is 2. The molecule has 0 aliphatic rings. The highest BCUT2D eigenvalue weighted by Crippen LogP contribution is 2.30. The lowest BCUT2D eigenvalue weighted by atomic mass is 10.1. The topological polar surface area (TPSA) is 38.0 Å². The third-order valence-corrected chi connectivity index (χ3v) is 3.83. The normalized spacial score (nSPS) is 13.1. The SMILES string of the molecule is Cn1nccc1C(O)c1cscc1Br. The van der Waals surface area contributed by atoms with E-state index in [1.54, 1.807) is 22.2 Å². The van der Waals surface area contributed by atoms with E-state index in [2.05, 4.69) is 21.0 Å². The molecule has 2 heterocycles. The molecule has 14 heavy (non-hydrogen) atoms. The Morgan fingerprint density at radius 3 is 2.86 bits per heavy atom. The van der Waals surface area contributed by atoms with Crippen molar-refractivity contribution in [3.05, 3.63) is 38.8 Å². The molecule has 3 nitrogen and oxygen atoms in total. The van der Waals surface area contributed by atoms with Crippen LogP contribution in [-0.2, 0) is 7.05 Å². The molecule has 0 aliphatic carbocycles. The van der Waals surface area contributed by atoms with Gasteiger partial charge in [-0.1, -0.05) is 0 Å². The largest absolute Gasteiger partial charge is 0.382 e. The Labute approximate surface area is 94.1 Å². The highest BCUT2D eigenvalue weighted by atomic mass is 79.9. The monoisotopic (exact) mass is 272 g/mol. The molecule has 1 N–H and O–H groups in total. The lowest BCUT2D eigenvalue weighted by Gasteiger charge is -2.09. The number of hydrogen-bond acceptors (Lipinski definition) is 3. The van der Waals surface area contributed by atoms with E-state index in [-0.39, 0.29) is 0 Å². The molecule has 74 valence electrons.